The molecule has 0 aromatic rings. The zero-order chi connectivity index (χ0) is 13.0. The Balaban J connectivity index is 1.66. The van der Waals surface area contributed by atoms with Crippen LogP contribution in [0.2, 0.25) is 0 Å². The van der Waals surface area contributed by atoms with E-state index in [1.54, 1.807) is 0 Å². The van der Waals surface area contributed by atoms with E-state index in [0.29, 0.717) is 19.4 Å². The van der Waals surface area contributed by atoms with Gasteiger partial charge in [-0.05, 0) is 25.7 Å². The summed E-state index contributed by atoms with van der Waals surface area (Å²) in [5.41, 5.74) is -0.735. The van der Waals surface area contributed by atoms with Crippen molar-refractivity contribution in [2.24, 2.45) is 5.41 Å². The highest BCUT2D eigenvalue weighted by molar-refractivity contribution is 5.78. The quantitative estimate of drug-likeness (QED) is 0.676. The highest BCUT2D eigenvalue weighted by Gasteiger charge is 2.44. The standard InChI is InChI=1S/C12H20N2O4/c15-10(16)12(4-2-5-12)8-14-11(17)13-7-9-3-1-6-18-9/h9H,1-8H2,(H,15,16)(H2,13,14,17). The van der Waals surface area contributed by atoms with Crippen molar-refractivity contribution in [1.82, 2.24) is 10.6 Å². The van der Waals surface area contributed by atoms with E-state index in [1.807, 2.05) is 0 Å². The maximum absolute atomic E-state index is 11.5. The molecule has 0 radical (unpaired) electrons. The normalized spacial score (nSPS) is 25.2. The van der Waals surface area contributed by atoms with E-state index in [1.165, 1.54) is 0 Å². The van der Waals surface area contributed by atoms with Crippen LogP contribution in [0.15, 0.2) is 0 Å². The fourth-order valence-electron chi connectivity index (χ4n) is 2.39. The Morgan fingerprint density at radius 1 is 1.28 bits per heavy atom. The number of carbonyl (C=O) groups excluding carboxylic acids is 1. The number of carbonyl (C=O) groups is 2. The summed E-state index contributed by atoms with van der Waals surface area (Å²) >= 11 is 0. The van der Waals surface area contributed by atoms with E-state index >= 15 is 0 Å². The molecule has 2 amide bonds. The molecular weight excluding hydrogens is 236 g/mol. The third-order valence-electron chi connectivity index (χ3n) is 3.87. The molecule has 1 aliphatic heterocycles. The second kappa shape index (κ2) is 5.56. The van der Waals surface area contributed by atoms with Gasteiger partial charge in [0.05, 0.1) is 11.5 Å². The minimum atomic E-state index is -0.812. The smallest absolute Gasteiger partial charge is 0.314 e. The molecule has 6 nitrogen and oxygen atoms in total. The number of nitrogens with one attached hydrogen (secondary N) is 2. The monoisotopic (exact) mass is 256 g/mol. The summed E-state index contributed by atoms with van der Waals surface area (Å²) in [5, 5.41) is 14.5. The molecule has 1 saturated heterocycles. The number of rotatable bonds is 5. The van der Waals surface area contributed by atoms with Gasteiger partial charge in [-0.3, -0.25) is 4.79 Å². The van der Waals surface area contributed by atoms with Crippen LogP contribution in [-0.4, -0.2) is 42.9 Å². The van der Waals surface area contributed by atoms with E-state index in [9.17, 15) is 9.59 Å². The number of hydrogen-bond acceptors (Lipinski definition) is 3. The first kappa shape index (κ1) is 13.1. The lowest BCUT2D eigenvalue weighted by molar-refractivity contribution is -0.153. The van der Waals surface area contributed by atoms with E-state index in [2.05, 4.69) is 10.6 Å². The van der Waals surface area contributed by atoms with Crippen molar-refractivity contribution in [2.75, 3.05) is 19.7 Å². The Kier molecular flexibility index (Phi) is 4.06. The number of amides is 2. The minimum absolute atomic E-state index is 0.105. The molecule has 18 heavy (non-hydrogen) atoms. The predicted octanol–water partition coefficient (Wildman–Crippen LogP) is 0.719. The van der Waals surface area contributed by atoms with Crippen LogP contribution in [0.4, 0.5) is 4.79 Å². The van der Waals surface area contributed by atoms with Gasteiger partial charge in [0, 0.05) is 19.7 Å². The zero-order valence-electron chi connectivity index (χ0n) is 10.4. The lowest BCUT2D eigenvalue weighted by Gasteiger charge is -2.37. The summed E-state index contributed by atoms with van der Waals surface area (Å²) in [6, 6.07) is -0.307. The zero-order valence-corrected chi connectivity index (χ0v) is 10.4. The number of ether oxygens (including phenoxy) is 1. The molecule has 1 saturated carbocycles. The van der Waals surface area contributed by atoms with Crippen LogP contribution < -0.4 is 10.6 Å². The van der Waals surface area contributed by atoms with Crippen LogP contribution in [0.5, 0.6) is 0 Å². The van der Waals surface area contributed by atoms with Gasteiger partial charge in [0.15, 0.2) is 0 Å². The molecule has 2 rings (SSSR count). The molecule has 0 bridgehead atoms. The van der Waals surface area contributed by atoms with Crippen LogP contribution in [0.25, 0.3) is 0 Å². The summed E-state index contributed by atoms with van der Waals surface area (Å²) in [5.74, 6) is -0.812. The Morgan fingerprint density at radius 2 is 2.06 bits per heavy atom. The Bertz CT molecular complexity index is 322. The largest absolute Gasteiger partial charge is 0.481 e. The van der Waals surface area contributed by atoms with Gasteiger partial charge in [-0.1, -0.05) is 6.42 Å². The van der Waals surface area contributed by atoms with Gasteiger partial charge in [0.1, 0.15) is 0 Å². The molecule has 2 fully saturated rings. The number of carboxylic acid groups (broad SMARTS) is 1. The molecule has 1 unspecified atom stereocenters. The average molecular weight is 256 g/mol. The number of carboxylic acids is 1. The van der Waals surface area contributed by atoms with Gasteiger partial charge in [-0.2, -0.15) is 0 Å². The molecule has 0 aromatic heterocycles. The Labute approximate surface area is 106 Å². The van der Waals surface area contributed by atoms with E-state index in [4.69, 9.17) is 9.84 Å². The van der Waals surface area contributed by atoms with Crippen molar-refractivity contribution >= 4 is 12.0 Å². The second-order valence-electron chi connectivity index (χ2n) is 5.14. The van der Waals surface area contributed by atoms with Gasteiger partial charge in [-0.25, -0.2) is 4.79 Å². The van der Waals surface area contributed by atoms with Crippen molar-refractivity contribution in [3.63, 3.8) is 0 Å². The summed E-state index contributed by atoms with van der Waals surface area (Å²) in [7, 11) is 0. The van der Waals surface area contributed by atoms with Crippen molar-refractivity contribution in [3.8, 4) is 0 Å². The summed E-state index contributed by atoms with van der Waals surface area (Å²) in [6.45, 7) is 1.46. The van der Waals surface area contributed by atoms with Crippen LogP contribution >= 0.6 is 0 Å². The van der Waals surface area contributed by atoms with Gasteiger partial charge < -0.3 is 20.5 Å². The molecule has 102 valence electrons. The van der Waals surface area contributed by atoms with Crippen molar-refractivity contribution < 1.29 is 19.4 Å². The van der Waals surface area contributed by atoms with Gasteiger partial charge in [0.25, 0.3) is 0 Å². The van der Waals surface area contributed by atoms with Gasteiger partial charge >= 0.3 is 12.0 Å². The summed E-state index contributed by atoms with van der Waals surface area (Å²) in [6.07, 6.45) is 4.33. The SMILES string of the molecule is O=C(NCC1CCCO1)NCC1(C(=O)O)CCC1. The number of urea groups is 1. The van der Waals surface area contributed by atoms with Gasteiger partial charge in [0.2, 0.25) is 0 Å². The molecule has 3 N–H and O–H groups in total. The Morgan fingerprint density at radius 3 is 2.56 bits per heavy atom. The van der Waals surface area contributed by atoms with Crippen molar-refractivity contribution in [3.05, 3.63) is 0 Å². The predicted molar refractivity (Wildman–Crippen MR) is 64.3 cm³/mol. The lowest BCUT2D eigenvalue weighted by atomic mass is 9.69. The third kappa shape index (κ3) is 2.93. The fourth-order valence-corrected chi connectivity index (χ4v) is 2.39. The van der Waals surface area contributed by atoms with E-state index < -0.39 is 11.4 Å². The molecule has 0 aromatic carbocycles. The first-order valence-corrected chi connectivity index (χ1v) is 6.49. The second-order valence-corrected chi connectivity index (χ2v) is 5.14. The number of hydrogen-bond donors (Lipinski definition) is 3. The summed E-state index contributed by atoms with van der Waals surface area (Å²) in [4.78, 5) is 22.6. The van der Waals surface area contributed by atoms with Gasteiger partial charge in [-0.15, -0.1) is 0 Å². The highest BCUT2D eigenvalue weighted by Crippen LogP contribution is 2.40. The van der Waals surface area contributed by atoms with E-state index in [-0.39, 0.29) is 18.7 Å². The molecule has 1 aliphatic carbocycles. The average Bonchev–Trinajstić information content (AvgIpc) is 2.77. The topological polar surface area (TPSA) is 87.7 Å². The molecule has 1 heterocycles. The van der Waals surface area contributed by atoms with Crippen LogP contribution in [0.1, 0.15) is 32.1 Å². The van der Waals surface area contributed by atoms with Crippen LogP contribution in [0, 0.1) is 5.41 Å². The molecular formula is C12H20N2O4. The maximum Gasteiger partial charge on any atom is 0.314 e. The lowest BCUT2D eigenvalue weighted by Crippen LogP contribution is -2.50. The van der Waals surface area contributed by atoms with E-state index in [0.717, 1.165) is 25.9 Å². The van der Waals surface area contributed by atoms with Crippen LogP contribution in [0.3, 0.4) is 0 Å². The van der Waals surface area contributed by atoms with Crippen molar-refractivity contribution in [1.29, 1.82) is 0 Å². The molecule has 0 spiro atoms. The third-order valence-corrected chi connectivity index (χ3v) is 3.87. The molecule has 2 aliphatic rings. The fraction of sp³-hybridized carbons (Fsp3) is 0.833. The van der Waals surface area contributed by atoms with Crippen molar-refractivity contribution in [2.45, 2.75) is 38.2 Å². The first-order chi connectivity index (χ1) is 8.62. The first-order valence-electron chi connectivity index (χ1n) is 6.49. The maximum atomic E-state index is 11.5. The molecule has 1 atom stereocenters. The molecule has 6 heteroatoms. The number of aliphatic carboxylic acids is 1. The van der Waals surface area contributed by atoms with Crippen LogP contribution in [-0.2, 0) is 9.53 Å². The highest BCUT2D eigenvalue weighted by atomic mass is 16.5. The summed E-state index contributed by atoms with van der Waals surface area (Å²) < 4.78 is 5.38. The minimum Gasteiger partial charge on any atom is -0.481 e. The Hall–Kier alpha value is -1.30.